The molecule has 82 valence electrons. The van der Waals surface area contributed by atoms with Gasteiger partial charge in [-0.15, -0.1) is 0 Å². The quantitative estimate of drug-likeness (QED) is 0.674. The number of rotatable bonds is 2. The van der Waals surface area contributed by atoms with Crippen LogP contribution in [0.3, 0.4) is 0 Å². The van der Waals surface area contributed by atoms with Crippen LogP contribution in [0.25, 0.3) is 0 Å². The Morgan fingerprint density at radius 2 is 2.14 bits per heavy atom. The molecular formula is C10H20N2OS. The van der Waals surface area contributed by atoms with Gasteiger partial charge in [0.1, 0.15) is 0 Å². The predicted molar refractivity (Wildman–Crippen MR) is 62.3 cm³/mol. The third-order valence-corrected chi connectivity index (χ3v) is 3.63. The summed E-state index contributed by atoms with van der Waals surface area (Å²) < 4.78 is 0. The summed E-state index contributed by atoms with van der Waals surface area (Å²) in [6.45, 7) is 0.279. The van der Waals surface area contributed by atoms with Crippen LogP contribution >= 0.6 is 12.2 Å². The Kier molecular flexibility index (Phi) is 4.62. The fourth-order valence-corrected chi connectivity index (χ4v) is 2.37. The van der Waals surface area contributed by atoms with Crippen molar-refractivity contribution in [1.29, 1.82) is 0 Å². The molecule has 0 amide bonds. The van der Waals surface area contributed by atoms with Crippen LogP contribution in [0.15, 0.2) is 0 Å². The van der Waals surface area contributed by atoms with Gasteiger partial charge >= 0.3 is 0 Å². The zero-order valence-corrected chi connectivity index (χ0v) is 9.81. The highest BCUT2D eigenvalue weighted by Crippen LogP contribution is 2.27. The third-order valence-electron chi connectivity index (χ3n) is 3.14. The van der Waals surface area contributed by atoms with Crippen molar-refractivity contribution >= 4 is 17.3 Å². The standard InChI is InChI=1S/C10H20N2OS/c1-11-10(14)12(2)9-6-4-3-5-8(9)7-13/h8-9,13H,3-7H2,1-2H3,(H,11,14). The highest BCUT2D eigenvalue weighted by Gasteiger charge is 2.28. The average molecular weight is 216 g/mol. The molecular weight excluding hydrogens is 196 g/mol. The van der Waals surface area contributed by atoms with Crippen molar-refractivity contribution in [3.63, 3.8) is 0 Å². The minimum atomic E-state index is 0.279. The number of hydrogen-bond donors (Lipinski definition) is 2. The summed E-state index contributed by atoms with van der Waals surface area (Å²) in [4.78, 5) is 2.09. The van der Waals surface area contributed by atoms with Crippen molar-refractivity contribution in [1.82, 2.24) is 10.2 Å². The molecule has 0 aliphatic heterocycles. The lowest BCUT2D eigenvalue weighted by Crippen LogP contribution is -2.47. The number of nitrogens with zero attached hydrogens (tertiary/aromatic N) is 1. The van der Waals surface area contributed by atoms with Crippen LogP contribution in [-0.4, -0.2) is 41.9 Å². The second kappa shape index (κ2) is 5.51. The molecule has 2 unspecified atom stereocenters. The summed E-state index contributed by atoms with van der Waals surface area (Å²) in [7, 11) is 3.85. The van der Waals surface area contributed by atoms with E-state index in [-0.39, 0.29) is 6.61 Å². The van der Waals surface area contributed by atoms with Crippen molar-refractivity contribution in [3.05, 3.63) is 0 Å². The highest BCUT2D eigenvalue weighted by molar-refractivity contribution is 7.80. The van der Waals surface area contributed by atoms with Crippen LogP contribution in [0, 0.1) is 5.92 Å². The maximum atomic E-state index is 9.27. The van der Waals surface area contributed by atoms with Crippen LogP contribution in [0.4, 0.5) is 0 Å². The molecule has 1 fully saturated rings. The topological polar surface area (TPSA) is 35.5 Å². The first-order chi connectivity index (χ1) is 6.70. The number of hydrogen-bond acceptors (Lipinski definition) is 2. The van der Waals surface area contributed by atoms with E-state index < -0.39 is 0 Å². The van der Waals surface area contributed by atoms with Gasteiger partial charge in [-0.25, -0.2) is 0 Å². The van der Waals surface area contributed by atoms with Crippen molar-refractivity contribution in [2.45, 2.75) is 31.7 Å². The van der Waals surface area contributed by atoms with E-state index in [2.05, 4.69) is 10.2 Å². The first-order valence-corrected chi connectivity index (χ1v) is 5.67. The smallest absolute Gasteiger partial charge is 0.168 e. The minimum Gasteiger partial charge on any atom is -0.396 e. The van der Waals surface area contributed by atoms with Gasteiger partial charge in [0.2, 0.25) is 0 Å². The molecule has 0 spiro atoms. The van der Waals surface area contributed by atoms with Crippen molar-refractivity contribution < 1.29 is 5.11 Å². The van der Waals surface area contributed by atoms with Gasteiger partial charge in [0.25, 0.3) is 0 Å². The maximum absolute atomic E-state index is 9.27. The van der Waals surface area contributed by atoms with Crippen LogP contribution < -0.4 is 5.32 Å². The molecule has 2 N–H and O–H groups in total. The van der Waals surface area contributed by atoms with Gasteiger partial charge in [-0.2, -0.15) is 0 Å². The number of aliphatic hydroxyl groups excluding tert-OH is 1. The van der Waals surface area contributed by atoms with Crippen molar-refractivity contribution in [2.24, 2.45) is 5.92 Å². The van der Waals surface area contributed by atoms with E-state index in [0.717, 1.165) is 18.0 Å². The fourth-order valence-electron chi connectivity index (χ4n) is 2.24. The summed E-state index contributed by atoms with van der Waals surface area (Å²) in [5.41, 5.74) is 0. The van der Waals surface area contributed by atoms with Crippen LogP contribution in [0.1, 0.15) is 25.7 Å². The van der Waals surface area contributed by atoms with Gasteiger partial charge in [0.05, 0.1) is 0 Å². The van der Waals surface area contributed by atoms with E-state index in [1.165, 1.54) is 12.8 Å². The van der Waals surface area contributed by atoms with E-state index in [9.17, 15) is 5.11 Å². The van der Waals surface area contributed by atoms with E-state index in [4.69, 9.17) is 12.2 Å². The number of nitrogens with one attached hydrogen (secondary N) is 1. The van der Waals surface area contributed by atoms with E-state index in [1.54, 1.807) is 0 Å². The van der Waals surface area contributed by atoms with Crippen molar-refractivity contribution in [3.8, 4) is 0 Å². The second-order valence-corrected chi connectivity index (χ2v) is 4.35. The molecule has 0 aromatic rings. The molecule has 1 saturated carbocycles. The molecule has 0 bridgehead atoms. The Morgan fingerprint density at radius 3 is 2.71 bits per heavy atom. The van der Waals surface area contributed by atoms with Gasteiger partial charge in [-0.05, 0) is 25.1 Å². The summed E-state index contributed by atoms with van der Waals surface area (Å²) >= 11 is 5.19. The van der Waals surface area contributed by atoms with Gasteiger partial charge in [-0.3, -0.25) is 0 Å². The Bertz CT molecular complexity index is 199. The zero-order valence-electron chi connectivity index (χ0n) is 8.99. The molecule has 0 radical (unpaired) electrons. The second-order valence-electron chi connectivity index (χ2n) is 3.96. The first kappa shape index (κ1) is 11.7. The van der Waals surface area contributed by atoms with Gasteiger partial charge in [-0.1, -0.05) is 12.8 Å². The maximum Gasteiger partial charge on any atom is 0.168 e. The Balaban J connectivity index is 2.58. The number of aliphatic hydroxyl groups is 1. The molecule has 1 aliphatic rings. The van der Waals surface area contributed by atoms with Crippen LogP contribution in [0.5, 0.6) is 0 Å². The Hall–Kier alpha value is -0.350. The molecule has 1 aliphatic carbocycles. The zero-order chi connectivity index (χ0) is 10.6. The van der Waals surface area contributed by atoms with Crippen LogP contribution in [-0.2, 0) is 0 Å². The SMILES string of the molecule is CNC(=S)N(C)C1CCCCC1CO. The van der Waals surface area contributed by atoms with Crippen LogP contribution in [0.2, 0.25) is 0 Å². The largest absolute Gasteiger partial charge is 0.396 e. The van der Waals surface area contributed by atoms with E-state index in [0.29, 0.717) is 12.0 Å². The lowest BCUT2D eigenvalue weighted by molar-refractivity contribution is 0.117. The third kappa shape index (κ3) is 2.58. The molecule has 0 aromatic carbocycles. The molecule has 3 nitrogen and oxygen atoms in total. The van der Waals surface area contributed by atoms with Crippen molar-refractivity contribution in [2.75, 3.05) is 20.7 Å². The molecule has 0 saturated heterocycles. The first-order valence-electron chi connectivity index (χ1n) is 5.26. The highest BCUT2D eigenvalue weighted by atomic mass is 32.1. The fraction of sp³-hybridized carbons (Fsp3) is 0.900. The minimum absolute atomic E-state index is 0.279. The molecule has 2 atom stereocenters. The molecule has 1 rings (SSSR count). The summed E-state index contributed by atoms with van der Waals surface area (Å²) in [6, 6.07) is 0.411. The Morgan fingerprint density at radius 1 is 1.50 bits per heavy atom. The Labute approximate surface area is 91.5 Å². The average Bonchev–Trinajstić information content (AvgIpc) is 2.26. The summed E-state index contributed by atoms with van der Waals surface area (Å²) in [5, 5.41) is 13.0. The molecule has 0 aromatic heterocycles. The predicted octanol–water partition coefficient (Wildman–Crippen LogP) is 0.974. The molecule has 0 heterocycles. The molecule has 14 heavy (non-hydrogen) atoms. The van der Waals surface area contributed by atoms with E-state index in [1.807, 2.05) is 14.1 Å². The monoisotopic (exact) mass is 216 g/mol. The van der Waals surface area contributed by atoms with Gasteiger partial charge in [0, 0.05) is 32.7 Å². The molecule has 4 heteroatoms. The van der Waals surface area contributed by atoms with E-state index >= 15 is 0 Å². The summed E-state index contributed by atoms with van der Waals surface area (Å²) in [6.07, 6.45) is 4.75. The number of thiocarbonyl (C=S) groups is 1. The lowest BCUT2D eigenvalue weighted by atomic mass is 9.84. The van der Waals surface area contributed by atoms with Gasteiger partial charge in [0.15, 0.2) is 5.11 Å². The summed E-state index contributed by atoms with van der Waals surface area (Å²) in [5.74, 6) is 0.389. The van der Waals surface area contributed by atoms with Gasteiger partial charge < -0.3 is 15.3 Å². The lowest BCUT2D eigenvalue weighted by Gasteiger charge is -2.38. The normalized spacial score (nSPS) is 27.1.